The van der Waals surface area contributed by atoms with Crippen molar-refractivity contribution in [3.63, 3.8) is 0 Å². The second-order valence-corrected chi connectivity index (χ2v) is 14.7. The molecule has 0 saturated carbocycles. The van der Waals surface area contributed by atoms with Crippen molar-refractivity contribution in [2.45, 2.75) is 57.5 Å². The number of amides is 6. The van der Waals surface area contributed by atoms with Crippen molar-refractivity contribution in [1.82, 2.24) is 30.4 Å². The Bertz CT molecular complexity index is 2250. The number of H-pyrrole nitrogens is 1. The van der Waals surface area contributed by atoms with Crippen molar-refractivity contribution < 1.29 is 28.8 Å². The zero-order valence-electron chi connectivity index (χ0n) is 31.7. The van der Waals surface area contributed by atoms with Gasteiger partial charge < -0.3 is 31.7 Å². The molecule has 4 aromatic rings. The van der Waals surface area contributed by atoms with Crippen molar-refractivity contribution in [1.29, 1.82) is 5.41 Å². The van der Waals surface area contributed by atoms with Crippen LogP contribution in [-0.2, 0) is 20.9 Å². The third-order valence-corrected chi connectivity index (χ3v) is 10.7. The summed E-state index contributed by atoms with van der Waals surface area (Å²) in [7, 11) is 1.77. The van der Waals surface area contributed by atoms with E-state index < -0.39 is 29.7 Å². The summed E-state index contributed by atoms with van der Waals surface area (Å²) in [5.74, 6) is -1.29. The van der Waals surface area contributed by atoms with Gasteiger partial charge in [0.1, 0.15) is 11.9 Å². The molecular weight excluding hydrogens is 729 g/mol. The standard InChI is InChI=1S/C41H46N10O6/c1-43-29-10-8-25(19-26(29)21-42)38(54)46-27-9-11-30-32(20-27)48-34(47-30)23-50-17-14-24(22-50)18-36(53)45-16-4-2-3-15-44-31-7-5-6-28-37(31)41(57)51(40(28)56)33-12-13-35(52)49-39(33)55/h5-11,19-21,24,33,42-44H,2-4,12-18,22-23H2,1H3,(H,45,53)(H,46,54)(H,47,48)(H,49,52,55). The smallest absolute Gasteiger partial charge is 0.264 e. The lowest BCUT2D eigenvalue weighted by Gasteiger charge is -2.27. The third-order valence-electron chi connectivity index (χ3n) is 10.7. The Kier molecular flexibility index (Phi) is 11.7. The monoisotopic (exact) mass is 774 g/mol. The Hall–Kier alpha value is -6.42. The first-order valence-corrected chi connectivity index (χ1v) is 19.3. The fourth-order valence-electron chi connectivity index (χ4n) is 7.77. The van der Waals surface area contributed by atoms with Gasteiger partial charge in [0, 0.05) is 73.9 Å². The number of imidazole rings is 1. The van der Waals surface area contributed by atoms with Gasteiger partial charge in [-0.05, 0) is 93.1 Å². The maximum atomic E-state index is 13.3. The number of carbonyl (C=O) groups is 6. The van der Waals surface area contributed by atoms with E-state index >= 15 is 0 Å². The van der Waals surface area contributed by atoms with Crippen LogP contribution in [0.4, 0.5) is 17.1 Å². The number of piperidine rings is 1. The lowest BCUT2D eigenvalue weighted by molar-refractivity contribution is -0.136. The molecule has 3 aliphatic heterocycles. The molecule has 2 unspecified atom stereocenters. The molecule has 7 N–H and O–H groups in total. The molecule has 296 valence electrons. The summed E-state index contributed by atoms with van der Waals surface area (Å²) >= 11 is 0. The number of hydrogen-bond donors (Lipinski definition) is 7. The van der Waals surface area contributed by atoms with Gasteiger partial charge in [-0.25, -0.2) is 4.98 Å². The summed E-state index contributed by atoms with van der Waals surface area (Å²) in [6.07, 6.45) is 5.19. The van der Waals surface area contributed by atoms with E-state index in [2.05, 4.69) is 36.5 Å². The first kappa shape index (κ1) is 38.8. The van der Waals surface area contributed by atoms with Crippen molar-refractivity contribution in [3.8, 4) is 0 Å². The second kappa shape index (κ2) is 17.2. The summed E-state index contributed by atoms with van der Waals surface area (Å²) in [4.78, 5) is 87.4. The minimum atomic E-state index is -1.01. The molecule has 3 aromatic carbocycles. The van der Waals surface area contributed by atoms with Crippen LogP contribution in [0.15, 0.2) is 54.6 Å². The van der Waals surface area contributed by atoms with Crippen LogP contribution in [0, 0.1) is 11.3 Å². The fourth-order valence-corrected chi connectivity index (χ4v) is 7.77. The molecule has 3 aliphatic rings. The van der Waals surface area contributed by atoms with E-state index in [-0.39, 0.29) is 41.7 Å². The van der Waals surface area contributed by atoms with Gasteiger partial charge in [0.05, 0.1) is 28.7 Å². The van der Waals surface area contributed by atoms with Gasteiger partial charge in [-0.2, -0.15) is 0 Å². The largest absolute Gasteiger partial charge is 0.388 e. The molecule has 2 fully saturated rings. The van der Waals surface area contributed by atoms with Crippen molar-refractivity contribution in [3.05, 3.63) is 82.7 Å². The molecule has 6 amide bonds. The molecule has 16 heteroatoms. The molecular formula is C41H46N10O6. The number of nitrogens with zero attached hydrogens (tertiary/aromatic N) is 3. The molecule has 57 heavy (non-hydrogen) atoms. The number of aromatic nitrogens is 2. The molecule has 2 atom stereocenters. The summed E-state index contributed by atoms with van der Waals surface area (Å²) in [6.45, 7) is 3.42. The molecule has 0 aliphatic carbocycles. The summed E-state index contributed by atoms with van der Waals surface area (Å²) < 4.78 is 0. The topological polar surface area (TPSA) is 222 Å². The highest BCUT2D eigenvalue weighted by Crippen LogP contribution is 2.32. The lowest BCUT2D eigenvalue weighted by Crippen LogP contribution is -2.54. The molecule has 4 heterocycles. The van der Waals surface area contributed by atoms with Gasteiger partial charge in [-0.1, -0.05) is 6.07 Å². The van der Waals surface area contributed by atoms with E-state index in [4.69, 9.17) is 10.4 Å². The van der Waals surface area contributed by atoms with Crippen molar-refractivity contribution in [2.75, 3.05) is 49.2 Å². The van der Waals surface area contributed by atoms with E-state index in [0.717, 1.165) is 66.2 Å². The zero-order chi connectivity index (χ0) is 40.1. The minimum absolute atomic E-state index is 0.0360. The summed E-state index contributed by atoms with van der Waals surface area (Å²) in [6, 6.07) is 14.7. The van der Waals surface area contributed by atoms with Crippen LogP contribution in [-0.4, -0.2) is 101 Å². The van der Waals surface area contributed by atoms with Gasteiger partial charge in [-0.3, -0.25) is 43.9 Å². The van der Waals surface area contributed by atoms with Gasteiger partial charge in [0.2, 0.25) is 17.7 Å². The Balaban J connectivity index is 0.800. The Morgan fingerprint density at radius 1 is 0.965 bits per heavy atom. The second-order valence-electron chi connectivity index (χ2n) is 14.7. The number of nitrogens with one attached hydrogen (secondary N) is 7. The van der Waals surface area contributed by atoms with E-state index in [1.165, 1.54) is 6.21 Å². The minimum Gasteiger partial charge on any atom is -0.388 e. The number of unbranched alkanes of at least 4 members (excludes halogenated alkanes) is 2. The quantitative estimate of drug-likeness (QED) is 0.0495. The fraction of sp³-hybridized carbons (Fsp3) is 0.366. The number of rotatable bonds is 16. The zero-order valence-corrected chi connectivity index (χ0v) is 31.7. The molecule has 0 spiro atoms. The van der Waals surface area contributed by atoms with E-state index in [9.17, 15) is 28.8 Å². The van der Waals surface area contributed by atoms with Crippen molar-refractivity contribution in [2.24, 2.45) is 5.92 Å². The molecule has 16 nitrogen and oxygen atoms in total. The molecule has 7 rings (SSSR count). The number of imide groups is 2. The van der Waals surface area contributed by atoms with E-state index in [1.807, 2.05) is 18.2 Å². The average Bonchev–Trinajstić information content (AvgIpc) is 3.89. The van der Waals surface area contributed by atoms with Crippen LogP contribution in [0.25, 0.3) is 11.0 Å². The average molecular weight is 775 g/mol. The third kappa shape index (κ3) is 8.70. The van der Waals surface area contributed by atoms with Crippen molar-refractivity contribution >= 4 is 69.8 Å². The predicted molar refractivity (Wildman–Crippen MR) is 214 cm³/mol. The van der Waals surface area contributed by atoms with E-state index in [0.29, 0.717) is 48.6 Å². The number of aromatic amines is 1. The Morgan fingerprint density at radius 2 is 1.81 bits per heavy atom. The highest BCUT2D eigenvalue weighted by atomic mass is 16.2. The number of hydrogen-bond acceptors (Lipinski definition) is 11. The number of likely N-dealkylation sites (tertiary alicyclic amines) is 1. The van der Waals surface area contributed by atoms with Crippen LogP contribution < -0.4 is 26.6 Å². The van der Waals surface area contributed by atoms with Gasteiger partial charge in [0.15, 0.2) is 0 Å². The van der Waals surface area contributed by atoms with Crippen LogP contribution >= 0.6 is 0 Å². The number of anilines is 3. The molecule has 2 saturated heterocycles. The number of benzene rings is 3. The first-order chi connectivity index (χ1) is 27.6. The Labute approximate surface area is 329 Å². The summed E-state index contributed by atoms with van der Waals surface area (Å²) in [5.41, 5.74) is 5.09. The normalized spacial score (nSPS) is 18.1. The van der Waals surface area contributed by atoms with Gasteiger partial charge in [0.25, 0.3) is 17.7 Å². The number of carbonyl (C=O) groups excluding carboxylic acids is 6. The lowest BCUT2D eigenvalue weighted by atomic mass is 10.0. The highest BCUT2D eigenvalue weighted by Gasteiger charge is 2.45. The van der Waals surface area contributed by atoms with Crippen LogP contribution in [0.3, 0.4) is 0 Å². The first-order valence-electron chi connectivity index (χ1n) is 19.3. The van der Waals surface area contributed by atoms with Gasteiger partial charge in [-0.15, -0.1) is 0 Å². The Morgan fingerprint density at radius 3 is 2.61 bits per heavy atom. The van der Waals surface area contributed by atoms with Crippen LogP contribution in [0.5, 0.6) is 0 Å². The predicted octanol–water partition coefficient (Wildman–Crippen LogP) is 3.87. The molecule has 1 aromatic heterocycles. The molecule has 0 radical (unpaired) electrons. The SMILES string of the molecule is CNc1ccc(C(=O)Nc2ccc3[nH]c(CN4CCC(CC(=O)NCCCCCNc5cccc6c5C(=O)N(C5CCC(=O)NC5=O)C6=O)C4)nc3c2)cc1C=N. The summed E-state index contributed by atoms with van der Waals surface area (Å²) in [5, 5.41) is 22.1. The maximum Gasteiger partial charge on any atom is 0.264 e. The van der Waals surface area contributed by atoms with E-state index in [1.54, 1.807) is 43.4 Å². The highest BCUT2D eigenvalue weighted by molar-refractivity contribution is 6.25. The number of fused-ring (bicyclic) bond motifs is 2. The molecule has 0 bridgehead atoms. The maximum absolute atomic E-state index is 13.3. The van der Waals surface area contributed by atoms with Crippen LogP contribution in [0.1, 0.15) is 87.4 Å². The van der Waals surface area contributed by atoms with Crippen LogP contribution in [0.2, 0.25) is 0 Å². The van der Waals surface area contributed by atoms with Gasteiger partial charge >= 0.3 is 0 Å².